The van der Waals surface area contributed by atoms with Crippen LogP contribution >= 0.6 is 34.8 Å². The van der Waals surface area contributed by atoms with Gasteiger partial charge in [-0.05, 0) is 30.7 Å². The van der Waals surface area contributed by atoms with Gasteiger partial charge in [0.05, 0.1) is 20.8 Å². The molecule has 0 saturated heterocycles. The Hall–Kier alpha value is -1.09. The topological polar surface area (TPSA) is 24.1 Å². The molecular formula is C15H15Cl3N2. The minimum absolute atomic E-state index is 0.466. The lowest BCUT2D eigenvalue weighted by Gasteiger charge is -2.10. The fourth-order valence-electron chi connectivity index (χ4n) is 1.76. The summed E-state index contributed by atoms with van der Waals surface area (Å²) in [6.07, 6.45) is 0.964. The van der Waals surface area contributed by atoms with E-state index in [9.17, 15) is 0 Å². The van der Waals surface area contributed by atoms with Gasteiger partial charge in [-0.25, -0.2) is 0 Å². The number of benzene rings is 2. The number of para-hydroxylation sites is 1. The van der Waals surface area contributed by atoms with Crippen molar-refractivity contribution in [2.45, 2.75) is 6.42 Å². The molecule has 0 unspecified atom stereocenters. The van der Waals surface area contributed by atoms with Crippen LogP contribution in [-0.2, 0) is 0 Å². The van der Waals surface area contributed by atoms with Crippen LogP contribution in [0, 0.1) is 0 Å². The van der Waals surface area contributed by atoms with Crippen LogP contribution in [0.15, 0.2) is 42.5 Å². The molecule has 0 heterocycles. The average Bonchev–Trinajstić information content (AvgIpc) is 2.45. The molecule has 5 heteroatoms. The molecule has 2 aromatic carbocycles. The van der Waals surface area contributed by atoms with Crippen LogP contribution < -0.4 is 10.6 Å². The van der Waals surface area contributed by atoms with Gasteiger partial charge in [0.15, 0.2) is 0 Å². The first-order valence-corrected chi connectivity index (χ1v) is 7.47. The Balaban J connectivity index is 1.75. The predicted octanol–water partition coefficient (Wildman–Crippen LogP) is 5.56. The Kier molecular flexibility index (Phi) is 5.84. The number of anilines is 2. The van der Waals surface area contributed by atoms with Crippen LogP contribution in [0.25, 0.3) is 0 Å². The van der Waals surface area contributed by atoms with Crippen molar-refractivity contribution in [3.8, 4) is 0 Å². The molecule has 0 atom stereocenters. The van der Waals surface area contributed by atoms with Crippen molar-refractivity contribution in [1.29, 1.82) is 0 Å². The Morgan fingerprint density at radius 3 is 2.15 bits per heavy atom. The van der Waals surface area contributed by atoms with Crippen molar-refractivity contribution in [3.63, 3.8) is 0 Å². The molecule has 0 saturated carbocycles. The average molecular weight is 330 g/mol. The zero-order valence-corrected chi connectivity index (χ0v) is 13.1. The van der Waals surface area contributed by atoms with Crippen LogP contribution in [0.4, 0.5) is 11.4 Å². The molecular weight excluding hydrogens is 315 g/mol. The minimum Gasteiger partial charge on any atom is -0.385 e. The summed E-state index contributed by atoms with van der Waals surface area (Å²) >= 11 is 17.9. The summed E-state index contributed by atoms with van der Waals surface area (Å²) in [4.78, 5) is 0. The van der Waals surface area contributed by atoms with E-state index in [0.29, 0.717) is 15.1 Å². The molecule has 106 valence electrons. The van der Waals surface area contributed by atoms with Gasteiger partial charge in [0.25, 0.3) is 0 Å². The lowest BCUT2D eigenvalue weighted by atomic mass is 10.3. The summed E-state index contributed by atoms with van der Waals surface area (Å²) in [5, 5.41) is 8.14. The molecule has 0 bridgehead atoms. The zero-order valence-electron chi connectivity index (χ0n) is 10.8. The first kappa shape index (κ1) is 15.3. The van der Waals surface area contributed by atoms with Gasteiger partial charge >= 0.3 is 0 Å². The molecule has 2 aromatic rings. The lowest BCUT2D eigenvalue weighted by molar-refractivity contribution is 0.909. The molecule has 0 aliphatic heterocycles. The number of hydrogen-bond donors (Lipinski definition) is 2. The van der Waals surface area contributed by atoms with Gasteiger partial charge in [0.2, 0.25) is 0 Å². The SMILES string of the molecule is Clc1cc(Cl)c(NCCCNc2ccccc2)cc1Cl. The molecule has 0 fully saturated rings. The highest BCUT2D eigenvalue weighted by Crippen LogP contribution is 2.32. The molecule has 0 aliphatic rings. The summed E-state index contributed by atoms with van der Waals surface area (Å²) in [7, 11) is 0. The van der Waals surface area contributed by atoms with Crippen LogP contribution in [0.1, 0.15) is 6.42 Å². The predicted molar refractivity (Wildman–Crippen MR) is 89.5 cm³/mol. The smallest absolute Gasteiger partial charge is 0.0653 e. The highest BCUT2D eigenvalue weighted by molar-refractivity contribution is 6.44. The second-order valence-electron chi connectivity index (χ2n) is 4.32. The summed E-state index contributed by atoms with van der Waals surface area (Å²) in [5.74, 6) is 0. The van der Waals surface area contributed by atoms with Gasteiger partial charge in [-0.15, -0.1) is 0 Å². The molecule has 0 aromatic heterocycles. The largest absolute Gasteiger partial charge is 0.385 e. The number of hydrogen-bond acceptors (Lipinski definition) is 2. The monoisotopic (exact) mass is 328 g/mol. The fraction of sp³-hybridized carbons (Fsp3) is 0.200. The van der Waals surface area contributed by atoms with E-state index in [1.807, 2.05) is 30.3 Å². The number of rotatable bonds is 6. The summed E-state index contributed by atoms with van der Waals surface area (Å²) in [5.41, 5.74) is 1.93. The van der Waals surface area contributed by atoms with E-state index < -0.39 is 0 Å². The zero-order chi connectivity index (χ0) is 14.4. The summed E-state index contributed by atoms with van der Waals surface area (Å²) < 4.78 is 0. The second-order valence-corrected chi connectivity index (χ2v) is 5.54. The Bertz CT molecular complexity index is 559. The van der Waals surface area contributed by atoms with Crippen molar-refractivity contribution >= 4 is 46.2 Å². The van der Waals surface area contributed by atoms with Crippen LogP contribution in [-0.4, -0.2) is 13.1 Å². The fourth-order valence-corrected chi connectivity index (χ4v) is 2.37. The van der Waals surface area contributed by atoms with Crippen LogP contribution in [0.5, 0.6) is 0 Å². The van der Waals surface area contributed by atoms with E-state index >= 15 is 0 Å². The molecule has 0 spiro atoms. The molecule has 0 radical (unpaired) electrons. The first-order valence-electron chi connectivity index (χ1n) is 6.34. The van der Waals surface area contributed by atoms with Gasteiger partial charge in [-0.1, -0.05) is 53.0 Å². The van der Waals surface area contributed by atoms with Crippen molar-refractivity contribution < 1.29 is 0 Å². The Morgan fingerprint density at radius 1 is 0.750 bits per heavy atom. The third kappa shape index (κ3) is 4.48. The van der Waals surface area contributed by atoms with E-state index in [1.165, 1.54) is 0 Å². The van der Waals surface area contributed by atoms with E-state index in [0.717, 1.165) is 30.9 Å². The van der Waals surface area contributed by atoms with Crippen molar-refractivity contribution in [1.82, 2.24) is 0 Å². The maximum absolute atomic E-state index is 6.09. The van der Waals surface area contributed by atoms with Gasteiger partial charge in [0.1, 0.15) is 0 Å². The molecule has 2 nitrogen and oxygen atoms in total. The van der Waals surface area contributed by atoms with Gasteiger partial charge in [-0.2, -0.15) is 0 Å². The summed E-state index contributed by atoms with van der Waals surface area (Å²) in [6, 6.07) is 13.5. The second kappa shape index (κ2) is 7.63. The minimum atomic E-state index is 0.466. The van der Waals surface area contributed by atoms with E-state index in [1.54, 1.807) is 12.1 Å². The number of halogens is 3. The first-order chi connectivity index (χ1) is 9.66. The van der Waals surface area contributed by atoms with E-state index in [2.05, 4.69) is 10.6 Å². The normalized spacial score (nSPS) is 10.3. The van der Waals surface area contributed by atoms with Crippen molar-refractivity contribution in [2.75, 3.05) is 23.7 Å². The third-order valence-corrected chi connectivity index (χ3v) is 3.82. The van der Waals surface area contributed by atoms with E-state index in [-0.39, 0.29) is 0 Å². The molecule has 0 aliphatic carbocycles. The Morgan fingerprint density at radius 2 is 1.40 bits per heavy atom. The third-order valence-electron chi connectivity index (χ3n) is 2.78. The maximum Gasteiger partial charge on any atom is 0.0653 e. The van der Waals surface area contributed by atoms with Crippen LogP contribution in [0.3, 0.4) is 0 Å². The maximum atomic E-state index is 6.09. The Labute approximate surface area is 134 Å². The number of nitrogens with one attached hydrogen (secondary N) is 2. The van der Waals surface area contributed by atoms with Gasteiger partial charge in [0, 0.05) is 18.8 Å². The van der Waals surface area contributed by atoms with Gasteiger partial charge < -0.3 is 10.6 Å². The summed E-state index contributed by atoms with van der Waals surface area (Å²) in [6.45, 7) is 1.69. The van der Waals surface area contributed by atoms with E-state index in [4.69, 9.17) is 34.8 Å². The molecule has 2 rings (SSSR count). The highest BCUT2D eigenvalue weighted by atomic mass is 35.5. The standard InChI is InChI=1S/C15H15Cl3N2/c16-12-9-14(18)15(10-13(12)17)20-8-4-7-19-11-5-2-1-3-6-11/h1-3,5-6,9-10,19-20H,4,7-8H2. The molecule has 2 N–H and O–H groups in total. The van der Waals surface area contributed by atoms with Crippen LogP contribution in [0.2, 0.25) is 15.1 Å². The van der Waals surface area contributed by atoms with Gasteiger partial charge in [-0.3, -0.25) is 0 Å². The van der Waals surface area contributed by atoms with Crippen molar-refractivity contribution in [2.24, 2.45) is 0 Å². The highest BCUT2D eigenvalue weighted by Gasteiger charge is 2.05. The quantitative estimate of drug-likeness (QED) is 0.535. The van der Waals surface area contributed by atoms with Crippen molar-refractivity contribution in [3.05, 3.63) is 57.5 Å². The molecule has 20 heavy (non-hydrogen) atoms. The molecule has 0 amide bonds. The lowest BCUT2D eigenvalue weighted by Crippen LogP contribution is -2.09.